The summed E-state index contributed by atoms with van der Waals surface area (Å²) >= 11 is 0. The molecule has 13 heavy (non-hydrogen) atoms. The maximum absolute atomic E-state index is 13.5. The number of hydrogen-bond acceptors (Lipinski definition) is 1. The van der Waals surface area contributed by atoms with Crippen molar-refractivity contribution in [3.05, 3.63) is 0 Å². The molecule has 0 radical (unpaired) electrons. The minimum Gasteiger partial charge on any atom is -0.311 e. The summed E-state index contributed by atoms with van der Waals surface area (Å²) in [6.45, 7) is 0. The van der Waals surface area contributed by atoms with Crippen molar-refractivity contribution in [3.63, 3.8) is 0 Å². The van der Waals surface area contributed by atoms with Crippen LogP contribution in [0.5, 0.6) is 0 Å². The summed E-state index contributed by atoms with van der Waals surface area (Å²) in [6, 6.07) is -0.546. The van der Waals surface area contributed by atoms with E-state index in [1.54, 1.807) is 0 Å². The normalized spacial score (nSPS) is 45.2. The number of halogens is 4. The molecule has 0 spiro atoms. The molecule has 0 aromatic carbocycles. The molecule has 2 fully saturated rings. The zero-order chi connectivity index (χ0) is 9.69. The average Bonchev–Trinajstić information content (AvgIpc) is 2.28. The lowest BCUT2D eigenvalue weighted by molar-refractivity contribution is -0.241. The van der Waals surface area contributed by atoms with Crippen LogP contribution in [0, 0.1) is 0 Å². The van der Waals surface area contributed by atoms with E-state index in [0.29, 0.717) is 12.8 Å². The second-order valence-electron chi connectivity index (χ2n) is 4.01. The standard InChI is InChI=1S/C8H11F4N/c9-7(8(10,11)12)3-5-1-2-6(4-7)13-5/h5-6,13H,1-4H2. The van der Waals surface area contributed by atoms with Crippen molar-refractivity contribution in [2.45, 2.75) is 49.6 Å². The fourth-order valence-corrected chi connectivity index (χ4v) is 2.32. The first-order valence-corrected chi connectivity index (χ1v) is 4.42. The summed E-state index contributed by atoms with van der Waals surface area (Å²) in [5.74, 6) is 0. The van der Waals surface area contributed by atoms with Crippen molar-refractivity contribution >= 4 is 0 Å². The number of alkyl halides is 4. The minimum absolute atomic E-state index is 0.273. The summed E-state index contributed by atoms with van der Waals surface area (Å²) < 4.78 is 50.3. The molecule has 0 aromatic heterocycles. The zero-order valence-corrected chi connectivity index (χ0v) is 6.99. The molecule has 2 rings (SSSR count). The number of fused-ring (bicyclic) bond motifs is 2. The van der Waals surface area contributed by atoms with Crippen LogP contribution in [0.3, 0.4) is 0 Å². The van der Waals surface area contributed by atoms with Gasteiger partial charge in [0.05, 0.1) is 0 Å². The van der Waals surface area contributed by atoms with E-state index >= 15 is 0 Å². The molecule has 2 unspecified atom stereocenters. The lowest BCUT2D eigenvalue weighted by atomic mass is 9.89. The molecule has 0 aliphatic carbocycles. The van der Waals surface area contributed by atoms with E-state index in [4.69, 9.17) is 0 Å². The summed E-state index contributed by atoms with van der Waals surface area (Å²) in [5, 5.41) is 2.98. The Bertz CT molecular complexity index is 201. The molecule has 1 N–H and O–H groups in total. The van der Waals surface area contributed by atoms with E-state index in [1.807, 2.05) is 0 Å². The van der Waals surface area contributed by atoms with Crippen LogP contribution in [0.15, 0.2) is 0 Å². The maximum Gasteiger partial charge on any atom is 0.422 e. The molecule has 2 bridgehead atoms. The van der Waals surface area contributed by atoms with Gasteiger partial charge in [0.2, 0.25) is 5.67 Å². The smallest absolute Gasteiger partial charge is 0.311 e. The van der Waals surface area contributed by atoms with Gasteiger partial charge in [0.15, 0.2) is 0 Å². The molecular weight excluding hydrogens is 186 g/mol. The number of hydrogen-bond donors (Lipinski definition) is 1. The molecule has 2 aliphatic rings. The van der Waals surface area contributed by atoms with Crippen molar-refractivity contribution in [1.82, 2.24) is 5.32 Å². The molecule has 2 saturated heterocycles. The van der Waals surface area contributed by atoms with Gasteiger partial charge in [-0.25, -0.2) is 4.39 Å². The van der Waals surface area contributed by atoms with Gasteiger partial charge in [-0.3, -0.25) is 0 Å². The third-order valence-electron chi connectivity index (χ3n) is 2.98. The summed E-state index contributed by atoms with van der Waals surface area (Å²) in [4.78, 5) is 0. The zero-order valence-electron chi connectivity index (χ0n) is 6.99. The van der Waals surface area contributed by atoms with Crippen LogP contribution in [0.4, 0.5) is 17.6 Å². The van der Waals surface area contributed by atoms with Crippen molar-refractivity contribution in [3.8, 4) is 0 Å². The molecule has 76 valence electrons. The Morgan fingerprint density at radius 3 is 1.92 bits per heavy atom. The Kier molecular flexibility index (Phi) is 1.84. The van der Waals surface area contributed by atoms with Crippen molar-refractivity contribution in [2.75, 3.05) is 0 Å². The first-order valence-electron chi connectivity index (χ1n) is 4.42. The fraction of sp³-hybridized carbons (Fsp3) is 1.00. The van der Waals surface area contributed by atoms with E-state index < -0.39 is 24.7 Å². The second kappa shape index (κ2) is 2.59. The quantitative estimate of drug-likeness (QED) is 0.587. The molecular formula is C8H11F4N. The second-order valence-corrected chi connectivity index (χ2v) is 4.01. The van der Waals surface area contributed by atoms with E-state index in [0.717, 1.165) is 0 Å². The number of nitrogens with one attached hydrogen (secondary N) is 1. The topological polar surface area (TPSA) is 12.0 Å². The SMILES string of the molecule is FC(F)(F)C1(F)CC2CCC(C1)N2. The lowest BCUT2D eigenvalue weighted by Crippen LogP contribution is -2.53. The first-order chi connectivity index (χ1) is 5.91. The van der Waals surface area contributed by atoms with Crippen LogP contribution in [0.2, 0.25) is 0 Å². The van der Waals surface area contributed by atoms with Gasteiger partial charge in [-0.2, -0.15) is 13.2 Å². The molecule has 2 aliphatic heterocycles. The van der Waals surface area contributed by atoms with Crippen molar-refractivity contribution in [1.29, 1.82) is 0 Å². The third kappa shape index (κ3) is 1.43. The molecule has 1 nitrogen and oxygen atoms in total. The van der Waals surface area contributed by atoms with E-state index in [-0.39, 0.29) is 12.1 Å². The first kappa shape index (κ1) is 9.24. The van der Waals surface area contributed by atoms with E-state index in [2.05, 4.69) is 5.32 Å². The number of piperidine rings is 1. The van der Waals surface area contributed by atoms with Crippen LogP contribution in [-0.2, 0) is 0 Å². The van der Waals surface area contributed by atoms with Crippen LogP contribution in [-0.4, -0.2) is 23.9 Å². The highest BCUT2D eigenvalue weighted by Gasteiger charge is 2.60. The van der Waals surface area contributed by atoms with Gasteiger partial charge >= 0.3 is 6.18 Å². The largest absolute Gasteiger partial charge is 0.422 e. The summed E-state index contributed by atoms with van der Waals surface area (Å²) in [6.07, 6.45) is -4.17. The van der Waals surface area contributed by atoms with Gasteiger partial charge < -0.3 is 5.32 Å². The predicted molar refractivity (Wildman–Crippen MR) is 39.1 cm³/mol. The highest BCUT2D eigenvalue weighted by atomic mass is 19.4. The molecule has 0 amide bonds. The van der Waals surface area contributed by atoms with Crippen LogP contribution >= 0.6 is 0 Å². The monoisotopic (exact) mass is 197 g/mol. The maximum atomic E-state index is 13.5. The van der Waals surface area contributed by atoms with Gasteiger partial charge in [0, 0.05) is 24.9 Å². The van der Waals surface area contributed by atoms with Gasteiger partial charge in [0.1, 0.15) is 0 Å². The Balaban J connectivity index is 2.17. The Morgan fingerprint density at radius 2 is 1.54 bits per heavy atom. The minimum atomic E-state index is -4.70. The van der Waals surface area contributed by atoms with E-state index in [9.17, 15) is 17.6 Å². The van der Waals surface area contributed by atoms with Crippen LogP contribution in [0.1, 0.15) is 25.7 Å². The third-order valence-corrected chi connectivity index (χ3v) is 2.98. The molecule has 2 heterocycles. The number of rotatable bonds is 0. The molecule has 0 aromatic rings. The summed E-state index contributed by atoms with van der Waals surface area (Å²) in [5.41, 5.74) is -2.94. The highest BCUT2D eigenvalue weighted by molar-refractivity contribution is 5.03. The van der Waals surface area contributed by atoms with Crippen molar-refractivity contribution < 1.29 is 17.6 Å². The summed E-state index contributed by atoms with van der Waals surface area (Å²) in [7, 11) is 0. The van der Waals surface area contributed by atoms with Gasteiger partial charge in [-0.05, 0) is 12.8 Å². The predicted octanol–water partition coefficient (Wildman–Crippen LogP) is 2.17. The van der Waals surface area contributed by atoms with Crippen LogP contribution in [0.25, 0.3) is 0 Å². The van der Waals surface area contributed by atoms with Crippen LogP contribution < -0.4 is 5.32 Å². The molecule has 0 saturated carbocycles. The van der Waals surface area contributed by atoms with Crippen molar-refractivity contribution in [2.24, 2.45) is 0 Å². The van der Waals surface area contributed by atoms with Gasteiger partial charge in [-0.15, -0.1) is 0 Å². The Morgan fingerprint density at radius 1 is 1.08 bits per heavy atom. The molecule has 2 atom stereocenters. The Hall–Kier alpha value is -0.320. The lowest BCUT2D eigenvalue weighted by Gasteiger charge is -2.36. The average molecular weight is 197 g/mol. The van der Waals surface area contributed by atoms with Gasteiger partial charge in [-0.1, -0.05) is 0 Å². The van der Waals surface area contributed by atoms with Gasteiger partial charge in [0.25, 0.3) is 0 Å². The molecule has 5 heteroatoms. The Labute approximate surface area is 73.5 Å². The fourth-order valence-electron chi connectivity index (χ4n) is 2.32. The van der Waals surface area contributed by atoms with E-state index in [1.165, 1.54) is 0 Å². The highest BCUT2D eigenvalue weighted by Crippen LogP contribution is 2.46.